The molecule has 1 fully saturated rings. The SMILES string of the molecule is CC(C)c1ccc(-c2nc(=S)[nH][nH]2)c(=O)n1C1CCCC1. The second-order valence-electron chi connectivity index (χ2n) is 5.96. The van der Waals surface area contributed by atoms with E-state index in [1.165, 1.54) is 12.8 Å². The quantitative estimate of drug-likeness (QED) is 0.852. The van der Waals surface area contributed by atoms with Crippen LogP contribution in [0.25, 0.3) is 11.4 Å². The van der Waals surface area contributed by atoms with E-state index in [4.69, 9.17) is 12.2 Å². The molecule has 1 aliphatic carbocycles. The first-order valence-electron chi connectivity index (χ1n) is 7.48. The van der Waals surface area contributed by atoms with Crippen LogP contribution in [-0.2, 0) is 0 Å². The first-order valence-corrected chi connectivity index (χ1v) is 7.89. The third kappa shape index (κ3) is 2.60. The Kier molecular flexibility index (Phi) is 3.80. The minimum atomic E-state index is 0.0332. The van der Waals surface area contributed by atoms with Crippen molar-refractivity contribution >= 4 is 12.2 Å². The van der Waals surface area contributed by atoms with E-state index >= 15 is 0 Å². The van der Waals surface area contributed by atoms with Gasteiger partial charge in [-0.05, 0) is 43.1 Å². The largest absolute Gasteiger partial charge is 0.309 e. The van der Waals surface area contributed by atoms with E-state index in [9.17, 15) is 4.79 Å². The Morgan fingerprint density at radius 3 is 2.57 bits per heavy atom. The van der Waals surface area contributed by atoms with E-state index in [2.05, 4.69) is 29.0 Å². The van der Waals surface area contributed by atoms with Gasteiger partial charge >= 0.3 is 0 Å². The van der Waals surface area contributed by atoms with Crippen LogP contribution in [0.4, 0.5) is 0 Å². The van der Waals surface area contributed by atoms with Crippen LogP contribution in [0.3, 0.4) is 0 Å². The van der Waals surface area contributed by atoms with Crippen molar-refractivity contribution in [1.82, 2.24) is 19.7 Å². The Bertz CT molecular complexity index is 750. The van der Waals surface area contributed by atoms with Gasteiger partial charge in [0.2, 0.25) is 4.77 Å². The second-order valence-corrected chi connectivity index (χ2v) is 6.34. The molecule has 1 saturated carbocycles. The molecule has 1 aliphatic rings. The Balaban J connectivity index is 2.18. The molecule has 2 aromatic rings. The molecular formula is C15H20N4OS. The molecule has 5 nitrogen and oxygen atoms in total. The molecule has 0 bridgehead atoms. The van der Waals surface area contributed by atoms with Crippen molar-refractivity contribution in [2.75, 3.05) is 0 Å². The number of aromatic nitrogens is 4. The van der Waals surface area contributed by atoms with E-state index in [1.54, 1.807) is 0 Å². The molecule has 2 heterocycles. The van der Waals surface area contributed by atoms with Gasteiger partial charge in [0.15, 0.2) is 5.82 Å². The van der Waals surface area contributed by atoms with Crippen LogP contribution in [0.5, 0.6) is 0 Å². The standard InChI is InChI=1S/C15H20N4OS/c1-9(2)12-8-7-11(13-16-15(21)18-17-13)14(20)19(12)10-5-3-4-6-10/h7-10H,3-6H2,1-2H3,(H2,16,17,18,21). The third-order valence-corrected chi connectivity index (χ3v) is 4.38. The van der Waals surface area contributed by atoms with Crippen LogP contribution in [0.1, 0.15) is 57.2 Å². The average Bonchev–Trinajstić information content (AvgIpc) is 3.09. The summed E-state index contributed by atoms with van der Waals surface area (Å²) in [5, 5.41) is 5.63. The van der Waals surface area contributed by atoms with E-state index in [-0.39, 0.29) is 5.56 Å². The fourth-order valence-electron chi connectivity index (χ4n) is 3.15. The molecule has 0 saturated heterocycles. The normalized spacial score (nSPS) is 16.0. The molecule has 0 amide bonds. The zero-order valence-corrected chi connectivity index (χ0v) is 13.2. The Morgan fingerprint density at radius 1 is 1.29 bits per heavy atom. The van der Waals surface area contributed by atoms with Gasteiger partial charge in [-0.25, -0.2) is 0 Å². The lowest BCUT2D eigenvalue weighted by atomic mass is 10.1. The molecule has 0 aromatic carbocycles. The van der Waals surface area contributed by atoms with Gasteiger partial charge in [-0.15, -0.1) is 0 Å². The molecule has 3 rings (SSSR count). The van der Waals surface area contributed by atoms with Crippen molar-refractivity contribution in [2.24, 2.45) is 0 Å². The lowest BCUT2D eigenvalue weighted by Crippen LogP contribution is -2.28. The number of hydrogen-bond donors (Lipinski definition) is 2. The maximum absolute atomic E-state index is 12.9. The lowest BCUT2D eigenvalue weighted by Gasteiger charge is -2.22. The first kappa shape index (κ1) is 14.3. The smallest absolute Gasteiger partial charge is 0.262 e. The second kappa shape index (κ2) is 5.60. The topological polar surface area (TPSA) is 66.5 Å². The molecule has 0 atom stereocenters. The van der Waals surface area contributed by atoms with Crippen molar-refractivity contribution in [2.45, 2.75) is 51.5 Å². The minimum Gasteiger partial charge on any atom is -0.309 e. The molecule has 21 heavy (non-hydrogen) atoms. The minimum absolute atomic E-state index is 0.0332. The number of nitrogens with one attached hydrogen (secondary N) is 2. The highest BCUT2D eigenvalue weighted by molar-refractivity contribution is 7.71. The zero-order valence-electron chi connectivity index (χ0n) is 12.3. The Hall–Kier alpha value is -1.69. The van der Waals surface area contributed by atoms with Crippen LogP contribution < -0.4 is 5.56 Å². The molecular weight excluding hydrogens is 284 g/mol. The summed E-state index contributed by atoms with van der Waals surface area (Å²) in [6.45, 7) is 4.25. The summed E-state index contributed by atoms with van der Waals surface area (Å²) < 4.78 is 2.35. The van der Waals surface area contributed by atoms with E-state index in [0.29, 0.717) is 28.1 Å². The molecule has 0 unspecified atom stereocenters. The van der Waals surface area contributed by atoms with Crippen molar-refractivity contribution in [1.29, 1.82) is 0 Å². The third-order valence-electron chi connectivity index (χ3n) is 4.19. The van der Waals surface area contributed by atoms with Gasteiger partial charge in [-0.1, -0.05) is 26.7 Å². The summed E-state index contributed by atoms with van der Waals surface area (Å²) >= 11 is 4.98. The van der Waals surface area contributed by atoms with Gasteiger partial charge in [-0.3, -0.25) is 15.0 Å². The predicted octanol–water partition coefficient (Wildman–Crippen LogP) is 3.53. The lowest BCUT2D eigenvalue weighted by molar-refractivity contribution is 0.474. The molecule has 0 spiro atoms. The molecule has 0 aliphatic heterocycles. The molecule has 2 aromatic heterocycles. The number of rotatable bonds is 3. The highest BCUT2D eigenvalue weighted by Gasteiger charge is 2.23. The molecule has 112 valence electrons. The maximum atomic E-state index is 12.9. The summed E-state index contributed by atoms with van der Waals surface area (Å²) in [4.78, 5) is 17.1. The number of hydrogen-bond acceptors (Lipinski definition) is 3. The van der Waals surface area contributed by atoms with Gasteiger partial charge in [0.05, 0.1) is 5.56 Å². The van der Waals surface area contributed by atoms with Crippen molar-refractivity contribution in [3.05, 3.63) is 33.0 Å². The monoisotopic (exact) mass is 304 g/mol. The highest BCUT2D eigenvalue weighted by atomic mass is 32.1. The number of H-pyrrole nitrogens is 2. The van der Waals surface area contributed by atoms with E-state index in [0.717, 1.165) is 18.5 Å². The van der Waals surface area contributed by atoms with E-state index in [1.807, 2.05) is 16.7 Å². The number of aromatic amines is 2. The van der Waals surface area contributed by atoms with Crippen molar-refractivity contribution < 1.29 is 0 Å². The number of nitrogens with zero attached hydrogens (tertiary/aromatic N) is 2. The van der Waals surface area contributed by atoms with Gasteiger partial charge in [0, 0.05) is 11.7 Å². The van der Waals surface area contributed by atoms with Crippen LogP contribution in [0.2, 0.25) is 0 Å². The van der Waals surface area contributed by atoms with Gasteiger partial charge in [-0.2, -0.15) is 4.98 Å². The summed E-state index contributed by atoms with van der Waals surface area (Å²) in [5.41, 5.74) is 1.72. The Morgan fingerprint density at radius 2 is 2.00 bits per heavy atom. The predicted molar refractivity (Wildman–Crippen MR) is 85.1 cm³/mol. The van der Waals surface area contributed by atoms with Gasteiger partial charge < -0.3 is 4.57 Å². The fraction of sp³-hybridized carbons (Fsp3) is 0.533. The van der Waals surface area contributed by atoms with Gasteiger partial charge in [0.25, 0.3) is 5.56 Å². The van der Waals surface area contributed by atoms with Gasteiger partial charge in [0.1, 0.15) is 0 Å². The first-order chi connectivity index (χ1) is 10.1. The summed E-state index contributed by atoms with van der Waals surface area (Å²) in [5.74, 6) is 0.845. The van der Waals surface area contributed by atoms with Crippen molar-refractivity contribution in [3.63, 3.8) is 0 Å². The summed E-state index contributed by atoms with van der Waals surface area (Å²) in [7, 11) is 0. The summed E-state index contributed by atoms with van der Waals surface area (Å²) in [6.07, 6.45) is 4.56. The van der Waals surface area contributed by atoms with Crippen molar-refractivity contribution in [3.8, 4) is 11.4 Å². The zero-order chi connectivity index (χ0) is 15.0. The van der Waals surface area contributed by atoms with Crippen LogP contribution in [0, 0.1) is 4.77 Å². The van der Waals surface area contributed by atoms with Crippen LogP contribution in [-0.4, -0.2) is 19.7 Å². The average molecular weight is 304 g/mol. The van der Waals surface area contributed by atoms with Crippen LogP contribution >= 0.6 is 12.2 Å². The molecule has 6 heteroatoms. The molecule has 2 N–H and O–H groups in total. The van der Waals surface area contributed by atoms with Crippen LogP contribution in [0.15, 0.2) is 16.9 Å². The highest BCUT2D eigenvalue weighted by Crippen LogP contribution is 2.31. The Labute approximate surface area is 128 Å². The fourth-order valence-corrected chi connectivity index (χ4v) is 3.30. The number of pyridine rings is 1. The maximum Gasteiger partial charge on any atom is 0.262 e. The summed E-state index contributed by atoms with van der Waals surface area (Å²) in [6, 6.07) is 4.22. The van der Waals surface area contributed by atoms with E-state index < -0.39 is 0 Å². The molecule has 0 radical (unpaired) electrons.